The van der Waals surface area contributed by atoms with Gasteiger partial charge in [-0.25, -0.2) is 0 Å². The number of ketones is 1. The summed E-state index contributed by atoms with van der Waals surface area (Å²) < 4.78 is 0.710. The number of anilines is 1. The Morgan fingerprint density at radius 2 is 1.54 bits per heavy atom. The third-order valence-corrected chi connectivity index (χ3v) is 7.17. The second kappa shape index (κ2) is 9.42. The van der Waals surface area contributed by atoms with E-state index in [1.54, 1.807) is 30.3 Å². The highest BCUT2D eigenvalue weighted by Crippen LogP contribution is 2.45. The number of amides is 1. The molecule has 1 atom stereocenters. The van der Waals surface area contributed by atoms with Gasteiger partial charge in [0.05, 0.1) is 18.7 Å². The predicted octanol–water partition coefficient (Wildman–Crippen LogP) is 6.78. The van der Waals surface area contributed by atoms with Gasteiger partial charge in [-0.15, -0.1) is 0 Å². The summed E-state index contributed by atoms with van der Waals surface area (Å²) in [5.41, 5.74) is 2.21. The summed E-state index contributed by atoms with van der Waals surface area (Å²) in [6, 6.07) is 29.6. The first-order valence-electron chi connectivity index (χ1n) is 11.1. The molecular weight excluding hydrogens is 526 g/mol. The van der Waals surface area contributed by atoms with Crippen LogP contribution in [-0.4, -0.2) is 16.8 Å². The Morgan fingerprint density at radius 1 is 0.886 bits per heavy atom. The molecule has 0 radical (unpaired) electrons. The monoisotopic (exact) mass is 545 g/mol. The minimum absolute atomic E-state index is 0.190. The lowest BCUT2D eigenvalue weighted by molar-refractivity contribution is -0.136. The summed E-state index contributed by atoms with van der Waals surface area (Å²) in [6.07, 6.45) is -0.362. The molecule has 1 aliphatic heterocycles. The normalized spacial score (nSPS) is 16.9. The molecule has 1 amide bonds. The van der Waals surface area contributed by atoms with Crippen molar-refractivity contribution in [1.29, 1.82) is 0 Å². The Hall–Kier alpha value is -3.25. The first kappa shape index (κ1) is 23.5. The van der Waals surface area contributed by atoms with Gasteiger partial charge < -0.3 is 10.0 Å². The van der Waals surface area contributed by atoms with Gasteiger partial charge in [0.2, 0.25) is 0 Å². The molecule has 5 rings (SSSR count). The van der Waals surface area contributed by atoms with Gasteiger partial charge in [-0.1, -0.05) is 100 Å². The van der Waals surface area contributed by atoms with Gasteiger partial charge in [-0.3, -0.25) is 9.59 Å². The fourth-order valence-corrected chi connectivity index (χ4v) is 5.02. The first-order valence-corrected chi connectivity index (χ1v) is 12.3. The minimum atomic E-state index is -1.98. The third-order valence-electron chi connectivity index (χ3n) is 6.31. The van der Waals surface area contributed by atoms with Crippen molar-refractivity contribution in [2.75, 3.05) is 4.90 Å². The second-order valence-electron chi connectivity index (χ2n) is 8.55. The van der Waals surface area contributed by atoms with Crippen molar-refractivity contribution in [2.45, 2.75) is 18.6 Å². The van der Waals surface area contributed by atoms with E-state index in [0.29, 0.717) is 26.3 Å². The molecule has 0 spiro atoms. The standard InChI is InChI=1S/C29H21BrClNO3/c30-23-14-15-26-24(16-23)29(35,28(34)32(26)18-22-8-4-5-9-25(22)31)17-27(33)21-12-10-20(11-13-21)19-6-2-1-3-7-19/h1-16,35H,17-18H2/t29-/m0/s1. The smallest absolute Gasteiger partial charge is 0.264 e. The SMILES string of the molecule is O=C(C[C@@]1(O)C(=O)N(Cc2ccccc2Cl)c2ccc(Br)cc21)c1ccc(-c2ccccc2)cc1. The molecule has 0 unspecified atom stereocenters. The van der Waals surface area contributed by atoms with Crippen LogP contribution in [-0.2, 0) is 16.9 Å². The van der Waals surface area contributed by atoms with Crippen LogP contribution in [0.3, 0.4) is 0 Å². The van der Waals surface area contributed by atoms with Crippen molar-refractivity contribution in [3.05, 3.63) is 123 Å². The summed E-state index contributed by atoms with van der Waals surface area (Å²) in [7, 11) is 0. The van der Waals surface area contributed by atoms with Crippen LogP contribution in [0.2, 0.25) is 5.02 Å². The van der Waals surface area contributed by atoms with E-state index in [0.717, 1.165) is 16.7 Å². The maximum Gasteiger partial charge on any atom is 0.264 e. The van der Waals surface area contributed by atoms with E-state index < -0.39 is 11.5 Å². The fraction of sp³-hybridized carbons (Fsp3) is 0.103. The third kappa shape index (κ3) is 4.43. The number of aliphatic hydroxyl groups is 1. The van der Waals surface area contributed by atoms with Crippen molar-refractivity contribution in [2.24, 2.45) is 0 Å². The van der Waals surface area contributed by atoms with E-state index >= 15 is 0 Å². The lowest BCUT2D eigenvalue weighted by Crippen LogP contribution is -2.41. The van der Waals surface area contributed by atoms with E-state index in [9.17, 15) is 14.7 Å². The van der Waals surface area contributed by atoms with Crippen LogP contribution in [0.15, 0.2) is 102 Å². The molecule has 0 saturated heterocycles. The topological polar surface area (TPSA) is 57.6 Å². The number of carbonyl (C=O) groups is 2. The van der Waals surface area contributed by atoms with Crippen LogP contribution in [0.4, 0.5) is 5.69 Å². The Bertz CT molecular complexity index is 1420. The highest BCUT2D eigenvalue weighted by atomic mass is 79.9. The summed E-state index contributed by atoms with van der Waals surface area (Å²) in [5, 5.41) is 12.2. The fourth-order valence-electron chi connectivity index (χ4n) is 4.46. The van der Waals surface area contributed by atoms with Gasteiger partial charge in [0.25, 0.3) is 5.91 Å². The van der Waals surface area contributed by atoms with Crippen LogP contribution in [0.1, 0.15) is 27.9 Å². The molecule has 0 bridgehead atoms. The lowest BCUT2D eigenvalue weighted by atomic mass is 9.88. The van der Waals surface area contributed by atoms with Crippen molar-refractivity contribution in [3.63, 3.8) is 0 Å². The molecule has 35 heavy (non-hydrogen) atoms. The molecule has 4 aromatic rings. The van der Waals surface area contributed by atoms with Crippen molar-refractivity contribution in [3.8, 4) is 11.1 Å². The molecule has 1 aliphatic rings. The van der Waals surface area contributed by atoms with Crippen LogP contribution in [0, 0.1) is 0 Å². The molecule has 1 heterocycles. The molecule has 1 N–H and O–H groups in total. The molecule has 0 fully saturated rings. The largest absolute Gasteiger partial charge is 0.375 e. The Morgan fingerprint density at radius 3 is 2.26 bits per heavy atom. The zero-order chi connectivity index (χ0) is 24.6. The second-order valence-corrected chi connectivity index (χ2v) is 9.87. The van der Waals surface area contributed by atoms with Gasteiger partial charge in [0, 0.05) is 20.6 Å². The molecule has 0 saturated carbocycles. The quantitative estimate of drug-likeness (QED) is 0.271. The number of rotatable bonds is 6. The van der Waals surface area contributed by atoms with E-state index in [1.165, 1.54) is 4.90 Å². The average molecular weight is 547 g/mol. The maximum absolute atomic E-state index is 13.6. The number of hydrogen-bond donors (Lipinski definition) is 1. The van der Waals surface area contributed by atoms with Crippen LogP contribution >= 0.6 is 27.5 Å². The number of nitrogens with zero attached hydrogens (tertiary/aromatic N) is 1. The van der Waals surface area contributed by atoms with Gasteiger partial charge in [0.1, 0.15) is 0 Å². The zero-order valence-corrected chi connectivity index (χ0v) is 21.0. The van der Waals surface area contributed by atoms with Crippen LogP contribution < -0.4 is 4.90 Å². The number of benzene rings is 4. The molecule has 174 valence electrons. The molecule has 0 aromatic heterocycles. The van der Waals surface area contributed by atoms with E-state index in [-0.39, 0.29) is 18.7 Å². The van der Waals surface area contributed by atoms with E-state index in [4.69, 9.17) is 11.6 Å². The van der Waals surface area contributed by atoms with Gasteiger partial charge in [-0.05, 0) is 41.0 Å². The molecule has 4 aromatic carbocycles. The highest BCUT2D eigenvalue weighted by molar-refractivity contribution is 9.10. The molecule has 6 heteroatoms. The zero-order valence-electron chi connectivity index (χ0n) is 18.6. The Balaban J connectivity index is 1.45. The van der Waals surface area contributed by atoms with Gasteiger partial charge in [0.15, 0.2) is 11.4 Å². The summed E-state index contributed by atoms with van der Waals surface area (Å²) >= 11 is 9.76. The van der Waals surface area contributed by atoms with Gasteiger partial charge >= 0.3 is 0 Å². The van der Waals surface area contributed by atoms with Gasteiger partial charge in [-0.2, -0.15) is 0 Å². The Labute approximate surface area is 216 Å². The molecule has 4 nitrogen and oxygen atoms in total. The molecular formula is C29H21BrClNO3. The van der Waals surface area contributed by atoms with Crippen molar-refractivity contribution < 1.29 is 14.7 Å². The number of fused-ring (bicyclic) bond motifs is 1. The Kier molecular flexibility index (Phi) is 6.32. The number of carbonyl (C=O) groups excluding carboxylic acids is 2. The number of hydrogen-bond acceptors (Lipinski definition) is 3. The van der Waals surface area contributed by atoms with E-state index in [2.05, 4.69) is 15.9 Å². The van der Waals surface area contributed by atoms with E-state index in [1.807, 2.05) is 66.7 Å². The van der Waals surface area contributed by atoms with Crippen LogP contribution in [0.5, 0.6) is 0 Å². The number of halogens is 2. The highest BCUT2D eigenvalue weighted by Gasteiger charge is 2.51. The van der Waals surface area contributed by atoms with Crippen molar-refractivity contribution >= 4 is 44.9 Å². The summed E-state index contributed by atoms with van der Waals surface area (Å²) in [4.78, 5) is 28.3. The number of Topliss-reactive ketones (excluding diaryl/α,β-unsaturated/α-hetero) is 1. The minimum Gasteiger partial charge on any atom is -0.375 e. The lowest BCUT2D eigenvalue weighted by Gasteiger charge is -2.23. The maximum atomic E-state index is 13.6. The first-order chi connectivity index (χ1) is 16.9. The molecule has 0 aliphatic carbocycles. The van der Waals surface area contributed by atoms with Crippen LogP contribution in [0.25, 0.3) is 11.1 Å². The summed E-state index contributed by atoms with van der Waals surface area (Å²) in [5.74, 6) is -0.856. The summed E-state index contributed by atoms with van der Waals surface area (Å²) in [6.45, 7) is 0.190. The predicted molar refractivity (Wildman–Crippen MR) is 142 cm³/mol. The average Bonchev–Trinajstić information content (AvgIpc) is 3.07. The van der Waals surface area contributed by atoms with Crippen molar-refractivity contribution in [1.82, 2.24) is 0 Å².